The Kier molecular flexibility index (Phi) is 111. The van der Waals surface area contributed by atoms with E-state index in [4.69, 9.17) is 60.0 Å². The molecule has 0 aliphatic rings. The van der Waals surface area contributed by atoms with E-state index < -0.39 is 72.2 Å². The van der Waals surface area contributed by atoms with Crippen LogP contribution < -0.4 is 65.5 Å². The molecule has 0 rings (SSSR count). The Hall–Kier alpha value is -3.68. The number of aliphatic hydroxyl groups excluding tert-OH is 4. The Bertz CT molecular complexity index is 599. The summed E-state index contributed by atoms with van der Waals surface area (Å²) in [6, 6.07) is 0. The minimum atomic E-state index is -1.44. The SMILES string of the molecule is CC(=O)[O-].CC(=O)[O-].CC(=O)[O-].CC(=O)[O-].CC(O)C(=O)[O-].CC(O)C(=O)[O-].CC(O)C(=O)[O-].CC(O)C(=O)[O-].[NH4+].[NH4+].[NH4+].[NH4+].[Zr+4]. The van der Waals surface area contributed by atoms with Crippen LogP contribution in [0.3, 0.4) is 0 Å². The molecule has 0 saturated carbocycles. The zero-order chi connectivity index (χ0) is 34.9. The van der Waals surface area contributed by atoms with E-state index in [2.05, 4.69) is 0 Å². The number of aliphatic hydroxyl groups is 4. The van der Waals surface area contributed by atoms with Crippen molar-refractivity contribution in [3.63, 3.8) is 0 Å². The van der Waals surface area contributed by atoms with Gasteiger partial charge in [-0.05, 0) is 55.4 Å². The first kappa shape index (κ1) is 83.8. The number of quaternary nitrogens is 4. The van der Waals surface area contributed by atoms with Gasteiger partial charge in [-0.2, -0.15) is 0 Å². The average molecular weight is 756 g/mol. The Balaban J connectivity index is -0.0000000234. The summed E-state index contributed by atoms with van der Waals surface area (Å²) in [7, 11) is 0. The molecule has 0 aliphatic heterocycles. The number of carboxylic acid groups (broad SMARTS) is 8. The van der Waals surface area contributed by atoms with E-state index in [0.717, 1.165) is 55.4 Å². The maximum atomic E-state index is 9.34. The van der Waals surface area contributed by atoms with Gasteiger partial charge in [0, 0.05) is 23.9 Å². The average Bonchev–Trinajstić information content (AvgIpc) is 2.67. The Labute approximate surface area is 277 Å². The third kappa shape index (κ3) is 390. The van der Waals surface area contributed by atoms with Crippen molar-refractivity contribution in [2.45, 2.75) is 79.8 Å². The summed E-state index contributed by atoms with van der Waals surface area (Å²) in [4.78, 5) is 72.9. The summed E-state index contributed by atoms with van der Waals surface area (Å²) in [6.07, 6.45) is -5.37. The topological polar surface area (TPSA) is 548 Å². The Morgan fingerprint density at radius 1 is 0.356 bits per heavy atom. The standard InChI is InChI=1S/4C3H6O3.4C2H4O2.4H3N.Zr/c4*1-2(4)3(5)6;4*1-2(3)4;;;;;/h4*2,4H,1H3,(H,5,6);4*1H3,(H,3,4);4*1H3;/q;;;;;;;;;;;;+4/p-4. The molecule has 0 aromatic heterocycles. The van der Waals surface area contributed by atoms with Crippen LogP contribution in [0.4, 0.5) is 0 Å². The number of aliphatic carboxylic acids is 8. The molecule has 25 heteroatoms. The van der Waals surface area contributed by atoms with E-state index in [1.54, 1.807) is 0 Å². The normalized spacial score (nSPS) is 9.51. The van der Waals surface area contributed by atoms with Crippen LogP contribution in [-0.2, 0) is 64.6 Å². The van der Waals surface area contributed by atoms with Crippen molar-refractivity contribution in [2.24, 2.45) is 0 Å². The molecule has 0 spiro atoms. The molecule has 0 saturated heterocycles. The van der Waals surface area contributed by atoms with E-state index in [1.807, 2.05) is 0 Å². The van der Waals surface area contributed by atoms with E-state index in [0.29, 0.717) is 0 Å². The molecule has 0 aliphatic carbocycles. The molecule has 24 nitrogen and oxygen atoms in total. The van der Waals surface area contributed by atoms with Crippen molar-refractivity contribution in [3.8, 4) is 0 Å². The molecule has 45 heavy (non-hydrogen) atoms. The smallest absolute Gasteiger partial charge is 0.550 e. The molecule has 0 fully saturated rings. The van der Waals surface area contributed by atoms with Gasteiger partial charge in [0.05, 0.1) is 48.3 Å². The second kappa shape index (κ2) is 59.7. The molecule has 0 radical (unpaired) electrons. The molecule has 0 bridgehead atoms. The first-order valence-electron chi connectivity index (χ1n) is 9.76. The van der Waals surface area contributed by atoms with Crippen molar-refractivity contribution in [3.05, 3.63) is 0 Å². The number of carbonyl (C=O) groups excluding carboxylic acids is 8. The van der Waals surface area contributed by atoms with E-state index in [-0.39, 0.29) is 50.8 Å². The fraction of sp³-hybridized carbons (Fsp3) is 0.600. The fourth-order valence-corrected chi connectivity index (χ4v) is 0. The molecule has 20 N–H and O–H groups in total. The molecule has 0 amide bonds. The summed E-state index contributed by atoms with van der Waals surface area (Å²) < 4.78 is 0. The molecule has 0 heterocycles. The summed E-state index contributed by atoms with van der Waals surface area (Å²) in [5, 5.41) is 105. The van der Waals surface area contributed by atoms with Crippen LogP contribution in [0.15, 0.2) is 0 Å². The van der Waals surface area contributed by atoms with Crippen LogP contribution in [0, 0.1) is 0 Å². The molecule has 0 aromatic rings. The maximum Gasteiger partial charge on any atom is 4.00 e. The van der Waals surface area contributed by atoms with E-state index >= 15 is 0 Å². The number of hydrogen-bond acceptors (Lipinski definition) is 20. The summed E-state index contributed by atoms with van der Waals surface area (Å²) in [5.41, 5.74) is 0. The van der Waals surface area contributed by atoms with Crippen molar-refractivity contribution >= 4 is 47.8 Å². The molecule has 4 unspecified atom stereocenters. The predicted octanol–water partition coefficient (Wildman–Crippen LogP) is -11.0. The molecular formula is C20H48N4O20Zr. The van der Waals surface area contributed by atoms with Crippen LogP contribution in [0.25, 0.3) is 0 Å². The predicted molar refractivity (Wildman–Crippen MR) is 133 cm³/mol. The van der Waals surface area contributed by atoms with E-state index in [9.17, 15) is 39.6 Å². The Morgan fingerprint density at radius 3 is 0.378 bits per heavy atom. The molecule has 272 valence electrons. The number of carbonyl (C=O) groups is 8. The fourth-order valence-electron chi connectivity index (χ4n) is 0. The zero-order valence-electron chi connectivity index (χ0n) is 27.1. The maximum absolute atomic E-state index is 9.34. The van der Waals surface area contributed by atoms with Gasteiger partial charge in [-0.25, -0.2) is 0 Å². The van der Waals surface area contributed by atoms with Crippen LogP contribution in [0.5, 0.6) is 0 Å². The third-order valence-corrected chi connectivity index (χ3v) is 1.36. The van der Waals surface area contributed by atoms with Gasteiger partial charge in [-0.3, -0.25) is 0 Å². The summed E-state index contributed by atoms with van der Waals surface area (Å²) in [6.45, 7) is 8.43. The van der Waals surface area contributed by atoms with Crippen LogP contribution in [0.2, 0.25) is 0 Å². The van der Waals surface area contributed by atoms with Crippen LogP contribution in [-0.4, -0.2) is 92.6 Å². The minimum Gasteiger partial charge on any atom is -0.550 e. The number of rotatable bonds is 4. The van der Waals surface area contributed by atoms with Crippen molar-refractivity contribution < 1.29 is 126 Å². The van der Waals surface area contributed by atoms with Gasteiger partial charge in [0.1, 0.15) is 0 Å². The van der Waals surface area contributed by atoms with Gasteiger partial charge in [-0.1, -0.05) is 0 Å². The molecular weight excluding hydrogens is 707 g/mol. The minimum absolute atomic E-state index is 0. The second-order valence-corrected chi connectivity index (χ2v) is 5.95. The van der Waals surface area contributed by atoms with Crippen LogP contribution in [0.1, 0.15) is 55.4 Å². The monoisotopic (exact) mass is 754 g/mol. The van der Waals surface area contributed by atoms with Gasteiger partial charge < -0.3 is 124 Å². The van der Waals surface area contributed by atoms with Crippen LogP contribution >= 0.6 is 0 Å². The largest absolute Gasteiger partial charge is 4.00 e. The first-order valence-corrected chi connectivity index (χ1v) is 9.76. The summed E-state index contributed by atoms with van der Waals surface area (Å²) in [5.74, 6) is -10.1. The third-order valence-electron chi connectivity index (χ3n) is 1.36. The second-order valence-electron chi connectivity index (χ2n) is 5.95. The van der Waals surface area contributed by atoms with E-state index in [1.165, 1.54) is 0 Å². The molecule has 0 aromatic carbocycles. The number of carboxylic acids is 8. The van der Waals surface area contributed by atoms with Gasteiger partial charge in [0.2, 0.25) is 0 Å². The summed E-state index contributed by atoms with van der Waals surface area (Å²) >= 11 is 0. The Morgan fingerprint density at radius 2 is 0.378 bits per heavy atom. The van der Waals surface area contributed by atoms with Crippen molar-refractivity contribution in [2.75, 3.05) is 0 Å². The van der Waals surface area contributed by atoms with Gasteiger partial charge in [-0.15, -0.1) is 0 Å². The first-order chi connectivity index (χ1) is 17.5. The van der Waals surface area contributed by atoms with Gasteiger partial charge in [0.25, 0.3) is 0 Å². The van der Waals surface area contributed by atoms with Gasteiger partial charge >= 0.3 is 26.2 Å². The zero-order valence-corrected chi connectivity index (χ0v) is 29.6. The number of hydrogen-bond donors (Lipinski definition) is 8. The van der Waals surface area contributed by atoms with Gasteiger partial charge in [0.15, 0.2) is 0 Å². The van der Waals surface area contributed by atoms with Crippen molar-refractivity contribution in [1.82, 2.24) is 24.6 Å². The molecule has 4 atom stereocenters. The van der Waals surface area contributed by atoms with Crippen molar-refractivity contribution in [1.29, 1.82) is 0 Å². The quantitative estimate of drug-likeness (QED) is 0.132.